The first-order chi connectivity index (χ1) is 13.0. The highest BCUT2D eigenvalue weighted by atomic mass is 35.5. The lowest BCUT2D eigenvalue weighted by Crippen LogP contribution is -2.25. The minimum absolute atomic E-state index is 0.144. The van der Waals surface area contributed by atoms with E-state index in [1.165, 1.54) is 0 Å². The first-order valence-corrected chi connectivity index (χ1v) is 8.93. The van der Waals surface area contributed by atoms with Crippen LogP contribution in [0, 0.1) is 6.92 Å². The van der Waals surface area contributed by atoms with Crippen LogP contribution in [0.25, 0.3) is 0 Å². The van der Waals surface area contributed by atoms with Crippen LogP contribution in [0.5, 0.6) is 5.75 Å². The van der Waals surface area contributed by atoms with Gasteiger partial charge in [0.1, 0.15) is 5.75 Å². The number of hydrogen-bond acceptors (Lipinski definition) is 4. The number of carbonyl (C=O) groups excluding carboxylic acids is 2. The molecule has 2 aromatic carbocycles. The molecule has 0 atom stereocenters. The quantitative estimate of drug-likeness (QED) is 0.643. The monoisotopic (exact) mass is 390 g/mol. The van der Waals surface area contributed by atoms with Gasteiger partial charge in [0.15, 0.2) is 6.61 Å². The maximum Gasteiger partial charge on any atom is 0.262 e. The van der Waals surface area contributed by atoms with E-state index in [0.717, 1.165) is 12.0 Å². The van der Waals surface area contributed by atoms with Gasteiger partial charge in [0, 0.05) is 36.5 Å². The summed E-state index contributed by atoms with van der Waals surface area (Å²) in [6.45, 7) is 2.83. The van der Waals surface area contributed by atoms with Gasteiger partial charge in [-0.05, 0) is 55.3 Å². The van der Waals surface area contributed by atoms with Crippen LogP contribution in [-0.2, 0) is 9.53 Å². The molecule has 2 amide bonds. The van der Waals surface area contributed by atoms with Crippen LogP contribution in [0.4, 0.5) is 5.69 Å². The molecule has 0 fully saturated rings. The molecule has 0 unspecified atom stereocenters. The second kappa shape index (κ2) is 10.5. The zero-order valence-corrected chi connectivity index (χ0v) is 16.1. The van der Waals surface area contributed by atoms with Gasteiger partial charge in [0.2, 0.25) is 0 Å². The van der Waals surface area contributed by atoms with Gasteiger partial charge in [-0.2, -0.15) is 0 Å². The van der Waals surface area contributed by atoms with Crippen LogP contribution < -0.4 is 15.4 Å². The molecule has 2 rings (SSSR count). The molecule has 0 saturated heterocycles. The molecule has 2 aromatic rings. The molecule has 6 nitrogen and oxygen atoms in total. The van der Waals surface area contributed by atoms with E-state index in [0.29, 0.717) is 35.2 Å². The van der Waals surface area contributed by atoms with Gasteiger partial charge in [0.05, 0.1) is 0 Å². The zero-order chi connectivity index (χ0) is 19.6. The minimum atomic E-state index is -0.319. The molecule has 0 aliphatic rings. The molecule has 144 valence electrons. The molecule has 0 heterocycles. The number of rotatable bonds is 9. The van der Waals surface area contributed by atoms with Crippen molar-refractivity contribution >= 4 is 29.1 Å². The fourth-order valence-electron chi connectivity index (χ4n) is 2.31. The highest BCUT2D eigenvalue weighted by Crippen LogP contribution is 2.21. The molecule has 27 heavy (non-hydrogen) atoms. The first-order valence-electron chi connectivity index (χ1n) is 8.55. The highest BCUT2D eigenvalue weighted by molar-refractivity contribution is 6.31. The maximum atomic E-state index is 12.1. The van der Waals surface area contributed by atoms with Gasteiger partial charge in [0.25, 0.3) is 11.8 Å². The van der Waals surface area contributed by atoms with E-state index < -0.39 is 0 Å². The zero-order valence-electron chi connectivity index (χ0n) is 15.4. The number of aryl methyl sites for hydroxylation is 1. The highest BCUT2D eigenvalue weighted by Gasteiger charge is 2.09. The van der Waals surface area contributed by atoms with Crippen LogP contribution in [0.2, 0.25) is 5.02 Å². The van der Waals surface area contributed by atoms with Crippen molar-refractivity contribution in [3.8, 4) is 5.75 Å². The van der Waals surface area contributed by atoms with Gasteiger partial charge in [-0.25, -0.2) is 0 Å². The van der Waals surface area contributed by atoms with Crippen LogP contribution in [-0.4, -0.2) is 38.7 Å². The van der Waals surface area contributed by atoms with Crippen molar-refractivity contribution in [3.05, 3.63) is 58.6 Å². The van der Waals surface area contributed by atoms with Gasteiger partial charge < -0.3 is 20.1 Å². The Labute approximate surface area is 163 Å². The third kappa shape index (κ3) is 6.92. The summed E-state index contributed by atoms with van der Waals surface area (Å²) in [5.41, 5.74) is 1.87. The smallest absolute Gasteiger partial charge is 0.262 e. The molecular formula is C20H23ClN2O4. The third-order valence-corrected chi connectivity index (χ3v) is 4.14. The molecule has 0 aliphatic carbocycles. The lowest BCUT2D eigenvalue weighted by atomic mass is 10.2. The number of carbonyl (C=O) groups is 2. The molecule has 0 aliphatic heterocycles. The summed E-state index contributed by atoms with van der Waals surface area (Å²) in [7, 11) is 1.62. The van der Waals surface area contributed by atoms with Crippen LogP contribution in [0.1, 0.15) is 22.3 Å². The topological polar surface area (TPSA) is 76.7 Å². The first kappa shape index (κ1) is 20.7. The summed E-state index contributed by atoms with van der Waals surface area (Å²) in [6, 6.07) is 11.9. The van der Waals surface area contributed by atoms with Gasteiger partial charge in [-0.1, -0.05) is 17.7 Å². The number of methoxy groups -OCH3 is 1. The van der Waals surface area contributed by atoms with E-state index in [9.17, 15) is 9.59 Å². The standard InChI is InChI=1S/C20H23ClN2O4/c1-14-11-17(7-8-18(14)21)27-13-19(24)23-16-6-3-5-15(12-16)20(25)22-9-4-10-26-2/h3,5-8,11-12H,4,9-10,13H2,1-2H3,(H,22,25)(H,23,24). The summed E-state index contributed by atoms with van der Waals surface area (Å²) in [5, 5.41) is 6.17. The number of halogens is 1. The van der Waals surface area contributed by atoms with Crippen molar-refractivity contribution in [2.75, 3.05) is 32.2 Å². The molecule has 2 N–H and O–H groups in total. The third-order valence-electron chi connectivity index (χ3n) is 3.72. The average Bonchev–Trinajstić information content (AvgIpc) is 2.66. The van der Waals surface area contributed by atoms with Crippen molar-refractivity contribution in [2.24, 2.45) is 0 Å². The predicted octanol–water partition coefficient (Wildman–Crippen LogP) is 3.43. The Bertz CT molecular complexity index is 795. The lowest BCUT2D eigenvalue weighted by Gasteiger charge is -2.10. The van der Waals surface area contributed by atoms with E-state index >= 15 is 0 Å². The average molecular weight is 391 g/mol. The fraction of sp³-hybridized carbons (Fsp3) is 0.300. The number of anilines is 1. The van der Waals surface area contributed by atoms with Crippen LogP contribution in [0.3, 0.4) is 0 Å². The van der Waals surface area contributed by atoms with Crippen molar-refractivity contribution in [1.29, 1.82) is 0 Å². The summed E-state index contributed by atoms with van der Waals surface area (Å²) in [5.74, 6) is 0.0478. The Balaban J connectivity index is 1.86. The summed E-state index contributed by atoms with van der Waals surface area (Å²) in [6.07, 6.45) is 0.736. The molecular weight excluding hydrogens is 368 g/mol. The Morgan fingerprint density at radius 3 is 2.70 bits per heavy atom. The second-order valence-electron chi connectivity index (χ2n) is 5.93. The van der Waals surface area contributed by atoms with Crippen LogP contribution >= 0.6 is 11.6 Å². The molecule has 0 radical (unpaired) electrons. The molecule has 0 spiro atoms. The Morgan fingerprint density at radius 1 is 1.15 bits per heavy atom. The number of nitrogens with one attached hydrogen (secondary N) is 2. The van der Waals surface area contributed by atoms with E-state index in [2.05, 4.69) is 10.6 Å². The SMILES string of the molecule is COCCCNC(=O)c1cccc(NC(=O)COc2ccc(Cl)c(C)c2)c1. The largest absolute Gasteiger partial charge is 0.484 e. The van der Waals surface area contributed by atoms with Gasteiger partial charge in [-0.15, -0.1) is 0 Å². The van der Waals surface area contributed by atoms with Crippen molar-refractivity contribution in [1.82, 2.24) is 5.32 Å². The van der Waals surface area contributed by atoms with E-state index in [1.54, 1.807) is 49.6 Å². The Hall–Kier alpha value is -2.57. The minimum Gasteiger partial charge on any atom is -0.484 e. The number of hydrogen-bond donors (Lipinski definition) is 2. The van der Waals surface area contributed by atoms with Crippen molar-refractivity contribution in [2.45, 2.75) is 13.3 Å². The van der Waals surface area contributed by atoms with Gasteiger partial charge >= 0.3 is 0 Å². The van der Waals surface area contributed by atoms with Crippen molar-refractivity contribution < 1.29 is 19.1 Å². The molecule has 0 aromatic heterocycles. The fourth-order valence-corrected chi connectivity index (χ4v) is 2.43. The van der Waals surface area contributed by atoms with Gasteiger partial charge in [-0.3, -0.25) is 9.59 Å². The molecule has 7 heteroatoms. The summed E-state index contributed by atoms with van der Waals surface area (Å²) in [4.78, 5) is 24.2. The number of amides is 2. The lowest BCUT2D eigenvalue weighted by molar-refractivity contribution is -0.118. The Morgan fingerprint density at radius 2 is 1.96 bits per heavy atom. The summed E-state index contributed by atoms with van der Waals surface area (Å²) >= 11 is 5.96. The van der Waals surface area contributed by atoms with Crippen molar-refractivity contribution in [3.63, 3.8) is 0 Å². The van der Waals surface area contributed by atoms with E-state index in [-0.39, 0.29) is 18.4 Å². The summed E-state index contributed by atoms with van der Waals surface area (Å²) < 4.78 is 10.4. The molecule has 0 saturated carbocycles. The second-order valence-corrected chi connectivity index (χ2v) is 6.34. The predicted molar refractivity (Wildman–Crippen MR) is 106 cm³/mol. The molecule has 0 bridgehead atoms. The normalized spacial score (nSPS) is 10.3. The maximum absolute atomic E-state index is 12.1. The van der Waals surface area contributed by atoms with E-state index in [1.807, 2.05) is 6.92 Å². The number of ether oxygens (including phenoxy) is 2. The number of benzene rings is 2. The van der Waals surface area contributed by atoms with Crippen LogP contribution in [0.15, 0.2) is 42.5 Å². The van der Waals surface area contributed by atoms with E-state index in [4.69, 9.17) is 21.1 Å². The Kier molecular flexibility index (Phi) is 8.10.